The zero-order valence-corrected chi connectivity index (χ0v) is 27.2. The van der Waals surface area contributed by atoms with Gasteiger partial charge < -0.3 is 28.5 Å². The van der Waals surface area contributed by atoms with Crippen molar-refractivity contribution in [2.45, 2.75) is 0 Å². The molecular formula is C36H26F2IrN7-3. The first-order valence-electron chi connectivity index (χ1n) is 14.0. The number of imidazole rings is 2. The van der Waals surface area contributed by atoms with Gasteiger partial charge in [-0.25, -0.2) is 8.78 Å². The van der Waals surface area contributed by atoms with E-state index >= 15 is 0 Å². The van der Waals surface area contributed by atoms with Crippen molar-refractivity contribution in [1.29, 1.82) is 0 Å². The van der Waals surface area contributed by atoms with Crippen LogP contribution in [-0.2, 0) is 34.2 Å². The molecule has 0 aliphatic rings. The Balaban J connectivity index is 0.000000138. The van der Waals surface area contributed by atoms with Gasteiger partial charge in [0, 0.05) is 49.8 Å². The average Bonchev–Trinajstić information content (AvgIpc) is 3.81. The van der Waals surface area contributed by atoms with Crippen LogP contribution in [0.1, 0.15) is 0 Å². The molecule has 0 saturated carbocycles. The third-order valence-corrected chi connectivity index (χ3v) is 6.84. The van der Waals surface area contributed by atoms with Crippen LogP contribution < -0.4 is 14.2 Å². The summed E-state index contributed by atoms with van der Waals surface area (Å²) in [5.41, 5.74) is 7.06. The van der Waals surface area contributed by atoms with Crippen molar-refractivity contribution in [3.05, 3.63) is 158 Å². The first kappa shape index (κ1) is 32.1. The molecule has 8 aromatic rings. The number of benzene rings is 4. The Morgan fingerprint density at radius 1 is 0.652 bits per heavy atom. The number of fused-ring (bicyclic) bond motifs is 2. The molecule has 0 atom stereocenters. The van der Waals surface area contributed by atoms with Gasteiger partial charge in [0.15, 0.2) is 0 Å². The second kappa shape index (κ2) is 14.6. The van der Waals surface area contributed by atoms with Gasteiger partial charge in [0.2, 0.25) is 12.7 Å². The fourth-order valence-electron chi connectivity index (χ4n) is 4.75. The van der Waals surface area contributed by atoms with Gasteiger partial charge in [-0.3, -0.25) is 4.98 Å². The number of pyridine rings is 1. The van der Waals surface area contributed by atoms with Crippen molar-refractivity contribution in [3.63, 3.8) is 0 Å². The number of hydrogen-bond acceptors (Lipinski definition) is 2. The number of aromatic nitrogens is 7. The maximum Gasteiger partial charge on any atom is 0.242 e. The molecule has 7 nitrogen and oxygen atoms in total. The molecule has 0 N–H and O–H groups in total. The monoisotopic (exact) mass is 787 g/mol. The van der Waals surface area contributed by atoms with Gasteiger partial charge in [-0.2, -0.15) is 24.3 Å². The number of nitrogens with zero attached hydrogens (tertiary/aromatic N) is 7. The standard InChI is InChI=1S/2C14H10FN2.C8H6N3.Ir/c2*1-16-10-17(12-6-4-5-11(15)9-12)14-8-3-2-7-13(14)16;1-2-5-9-7(3-1)8-4-6-10-11-8;/h2*2-5,7-9H,1H3;1-6H;/q3*-1;. The SMILES string of the molecule is C[n+]1[c-]n(-c2[c-]ccc(F)c2)c2ccccc21.C[n+]1[c-]n(-c2[c-]ccc(F)c2)c2ccccc21.[Ir].c1ccc(-c2ccn[n-]2)nc1. The first-order chi connectivity index (χ1) is 22.0. The maximum atomic E-state index is 13.2. The molecule has 231 valence electrons. The van der Waals surface area contributed by atoms with E-state index in [9.17, 15) is 8.78 Å². The van der Waals surface area contributed by atoms with E-state index in [4.69, 9.17) is 0 Å². The summed E-state index contributed by atoms with van der Waals surface area (Å²) in [5.74, 6) is -0.542. The quantitative estimate of drug-likeness (QED) is 0.176. The summed E-state index contributed by atoms with van der Waals surface area (Å²) in [6.45, 7) is 0. The van der Waals surface area contributed by atoms with Gasteiger partial charge in [-0.1, -0.05) is 77.7 Å². The van der Waals surface area contributed by atoms with Crippen LogP contribution in [0.15, 0.2) is 122 Å². The van der Waals surface area contributed by atoms with E-state index in [1.165, 1.54) is 24.3 Å². The normalized spacial score (nSPS) is 10.4. The Morgan fingerprint density at radius 2 is 1.17 bits per heavy atom. The molecule has 0 bridgehead atoms. The third-order valence-electron chi connectivity index (χ3n) is 6.84. The van der Waals surface area contributed by atoms with Gasteiger partial charge in [0.25, 0.3) is 0 Å². The fourth-order valence-corrected chi connectivity index (χ4v) is 4.75. The van der Waals surface area contributed by atoms with Crippen molar-refractivity contribution < 1.29 is 38.0 Å². The Kier molecular flexibility index (Phi) is 10.2. The van der Waals surface area contributed by atoms with Gasteiger partial charge >= 0.3 is 0 Å². The van der Waals surface area contributed by atoms with Crippen molar-refractivity contribution in [2.75, 3.05) is 0 Å². The molecule has 1 radical (unpaired) electrons. The Bertz CT molecular complexity index is 2050. The van der Waals surface area contributed by atoms with E-state index in [0.717, 1.165) is 33.5 Å². The van der Waals surface area contributed by atoms with Crippen molar-refractivity contribution in [3.8, 4) is 22.8 Å². The number of para-hydroxylation sites is 4. The van der Waals surface area contributed by atoms with E-state index in [1.54, 1.807) is 33.7 Å². The van der Waals surface area contributed by atoms with Gasteiger partial charge in [0.05, 0.1) is 36.2 Å². The molecule has 4 heterocycles. The average molecular weight is 787 g/mol. The molecule has 0 unspecified atom stereocenters. The molecule has 0 spiro atoms. The summed E-state index contributed by atoms with van der Waals surface area (Å²) >= 11 is 0. The molecule has 0 saturated heterocycles. The van der Waals surface area contributed by atoms with Crippen LogP contribution >= 0.6 is 0 Å². The van der Waals surface area contributed by atoms with Crippen molar-refractivity contribution in [1.82, 2.24) is 24.3 Å². The van der Waals surface area contributed by atoms with E-state index in [0.29, 0.717) is 11.4 Å². The Labute approximate surface area is 278 Å². The number of aryl methyl sites for hydroxylation is 2. The second-order valence-corrected chi connectivity index (χ2v) is 9.88. The summed E-state index contributed by atoms with van der Waals surface area (Å²) in [6, 6.07) is 38.2. The van der Waals surface area contributed by atoms with Crippen LogP contribution in [0.5, 0.6) is 0 Å². The second-order valence-electron chi connectivity index (χ2n) is 9.88. The molecule has 0 amide bonds. The summed E-state index contributed by atoms with van der Waals surface area (Å²) in [7, 11) is 3.83. The molecule has 8 rings (SSSR count). The first-order valence-corrected chi connectivity index (χ1v) is 14.0. The summed E-state index contributed by atoms with van der Waals surface area (Å²) in [4.78, 5) is 4.12. The zero-order chi connectivity index (χ0) is 31.2. The topological polar surface area (TPSA) is 57.5 Å². The fraction of sp³-hybridized carbons (Fsp3) is 0.0556. The predicted octanol–water partition coefficient (Wildman–Crippen LogP) is 5.49. The Morgan fingerprint density at radius 3 is 1.63 bits per heavy atom. The summed E-state index contributed by atoms with van der Waals surface area (Å²) in [5, 5.41) is 7.58. The summed E-state index contributed by atoms with van der Waals surface area (Å²) < 4.78 is 33.8. The van der Waals surface area contributed by atoms with Crippen LogP contribution in [0.3, 0.4) is 0 Å². The predicted molar refractivity (Wildman–Crippen MR) is 165 cm³/mol. The van der Waals surface area contributed by atoms with Crippen LogP contribution in [0.2, 0.25) is 0 Å². The third kappa shape index (κ3) is 7.15. The minimum atomic E-state index is -0.271. The Hall–Kier alpha value is -5.31. The minimum Gasteiger partial charge on any atom is -0.574 e. The largest absolute Gasteiger partial charge is 0.574 e. The summed E-state index contributed by atoms with van der Waals surface area (Å²) in [6.07, 6.45) is 9.66. The molecule has 46 heavy (non-hydrogen) atoms. The van der Waals surface area contributed by atoms with Crippen LogP contribution in [0.25, 0.3) is 44.8 Å². The molecule has 0 aliphatic heterocycles. The molecular weight excluding hydrogens is 761 g/mol. The van der Waals surface area contributed by atoms with Gasteiger partial charge in [0.1, 0.15) is 0 Å². The van der Waals surface area contributed by atoms with Crippen molar-refractivity contribution in [2.24, 2.45) is 14.1 Å². The van der Waals surface area contributed by atoms with E-state index < -0.39 is 0 Å². The van der Waals surface area contributed by atoms with Crippen LogP contribution in [-0.4, -0.2) is 19.2 Å². The molecule has 0 fully saturated rings. The van der Waals surface area contributed by atoms with Gasteiger partial charge in [-0.15, -0.1) is 24.3 Å². The van der Waals surface area contributed by atoms with Crippen LogP contribution in [0, 0.1) is 36.4 Å². The molecule has 4 aromatic carbocycles. The van der Waals surface area contributed by atoms with Gasteiger partial charge in [-0.05, 0) is 12.1 Å². The smallest absolute Gasteiger partial charge is 0.242 e. The van der Waals surface area contributed by atoms with Crippen LogP contribution in [0.4, 0.5) is 8.78 Å². The molecule has 10 heteroatoms. The van der Waals surface area contributed by atoms with E-state index in [2.05, 4.69) is 40.0 Å². The van der Waals surface area contributed by atoms with Crippen molar-refractivity contribution >= 4 is 22.1 Å². The number of rotatable bonds is 3. The zero-order valence-electron chi connectivity index (χ0n) is 24.8. The minimum absolute atomic E-state index is 0. The maximum absolute atomic E-state index is 13.2. The van der Waals surface area contributed by atoms with E-state index in [-0.39, 0.29) is 31.7 Å². The van der Waals surface area contributed by atoms with E-state index in [1.807, 2.05) is 96.0 Å². The number of hydrogen-bond donors (Lipinski definition) is 0. The molecule has 4 aromatic heterocycles. The number of halogens is 2. The molecule has 0 aliphatic carbocycles.